The van der Waals surface area contributed by atoms with Gasteiger partial charge in [-0.2, -0.15) is 13.2 Å². The number of nitrogens with zero attached hydrogens (tertiary/aromatic N) is 1. The van der Waals surface area contributed by atoms with Crippen LogP contribution in [0.25, 0.3) is 0 Å². The summed E-state index contributed by atoms with van der Waals surface area (Å²) in [5.74, 6) is -2.66. The smallest absolute Gasteiger partial charge is 0.402 e. The van der Waals surface area contributed by atoms with Crippen LogP contribution in [-0.2, 0) is 6.42 Å². The van der Waals surface area contributed by atoms with Crippen LogP contribution in [0.4, 0.5) is 13.2 Å². The van der Waals surface area contributed by atoms with Gasteiger partial charge >= 0.3 is 6.18 Å². The van der Waals surface area contributed by atoms with E-state index < -0.39 is 24.5 Å². The van der Waals surface area contributed by atoms with Crippen molar-refractivity contribution in [3.05, 3.63) is 23.8 Å². The highest BCUT2D eigenvalue weighted by molar-refractivity contribution is 5.83. The number of hydrogen-bond donors (Lipinski definition) is 2. The number of rotatable bonds is 6. The van der Waals surface area contributed by atoms with E-state index in [2.05, 4.69) is 5.16 Å². The van der Waals surface area contributed by atoms with Gasteiger partial charge in [-0.3, -0.25) is 0 Å². The third kappa shape index (κ3) is 4.44. The number of nitrogens with two attached hydrogens (primary N) is 1. The number of oxime groups is 1. The quantitative estimate of drug-likeness (QED) is 0.366. The van der Waals surface area contributed by atoms with Crippen molar-refractivity contribution < 1.29 is 27.9 Å². The summed E-state index contributed by atoms with van der Waals surface area (Å²) in [7, 11) is 1.40. The molecule has 21 heavy (non-hydrogen) atoms. The normalized spacial score (nSPS) is 13.9. The highest BCUT2D eigenvalue weighted by Gasteiger charge is 2.43. The van der Waals surface area contributed by atoms with Gasteiger partial charge in [-0.15, -0.1) is 0 Å². The molecule has 118 valence electrons. The van der Waals surface area contributed by atoms with Crippen molar-refractivity contribution in [2.45, 2.75) is 19.5 Å². The minimum Gasteiger partial charge on any atom is -0.493 e. The lowest BCUT2D eigenvalue weighted by molar-refractivity contribution is -0.162. The molecule has 0 aliphatic carbocycles. The van der Waals surface area contributed by atoms with Gasteiger partial charge in [0.2, 0.25) is 0 Å². The van der Waals surface area contributed by atoms with Crippen molar-refractivity contribution in [3.63, 3.8) is 0 Å². The average molecular weight is 306 g/mol. The van der Waals surface area contributed by atoms with Crippen LogP contribution < -0.4 is 15.2 Å². The fourth-order valence-corrected chi connectivity index (χ4v) is 1.64. The first-order valence-corrected chi connectivity index (χ1v) is 6.17. The van der Waals surface area contributed by atoms with Crippen LogP contribution >= 0.6 is 0 Å². The molecule has 1 unspecified atom stereocenters. The van der Waals surface area contributed by atoms with Gasteiger partial charge in [0.05, 0.1) is 7.11 Å². The summed E-state index contributed by atoms with van der Waals surface area (Å²) in [5, 5.41) is 10.8. The molecule has 1 rings (SSSR count). The van der Waals surface area contributed by atoms with Gasteiger partial charge in [0, 0.05) is 0 Å². The molecule has 0 saturated heterocycles. The Balaban J connectivity index is 2.90. The largest absolute Gasteiger partial charge is 0.493 e. The Morgan fingerprint density at radius 2 is 2.05 bits per heavy atom. The van der Waals surface area contributed by atoms with Gasteiger partial charge in [-0.25, -0.2) is 0 Å². The molecule has 0 bridgehead atoms. The van der Waals surface area contributed by atoms with E-state index in [0.717, 1.165) is 12.0 Å². The molecule has 5 nitrogen and oxygen atoms in total. The first-order valence-electron chi connectivity index (χ1n) is 6.17. The SMILES string of the molecule is CCc1ccc(OCC(/C(N)=N/O)C(F)(F)F)c(OC)c1. The molecule has 0 spiro atoms. The second-order valence-electron chi connectivity index (χ2n) is 4.27. The Kier molecular flexibility index (Phi) is 5.69. The first kappa shape index (κ1) is 16.9. The molecule has 1 aromatic rings. The highest BCUT2D eigenvalue weighted by atomic mass is 19.4. The second-order valence-corrected chi connectivity index (χ2v) is 4.27. The molecule has 0 aliphatic heterocycles. The average Bonchev–Trinajstić information content (AvgIpc) is 2.45. The van der Waals surface area contributed by atoms with Crippen molar-refractivity contribution in [2.75, 3.05) is 13.7 Å². The van der Waals surface area contributed by atoms with Gasteiger partial charge in [0.1, 0.15) is 12.5 Å². The number of halogens is 3. The van der Waals surface area contributed by atoms with Crippen LogP contribution in [-0.4, -0.2) is 30.9 Å². The Labute approximate surface area is 120 Å². The summed E-state index contributed by atoms with van der Waals surface area (Å²) in [4.78, 5) is 0. The maximum atomic E-state index is 12.8. The summed E-state index contributed by atoms with van der Waals surface area (Å²) < 4.78 is 48.5. The molecule has 1 aromatic carbocycles. The number of aryl methyl sites for hydroxylation is 1. The summed E-state index contributed by atoms with van der Waals surface area (Å²) >= 11 is 0. The molecular weight excluding hydrogens is 289 g/mol. The predicted octanol–water partition coefficient (Wildman–Crippen LogP) is 2.56. The minimum absolute atomic E-state index is 0.162. The number of hydrogen-bond acceptors (Lipinski definition) is 4. The second kappa shape index (κ2) is 7.05. The number of methoxy groups -OCH3 is 1. The van der Waals surface area contributed by atoms with E-state index in [0.29, 0.717) is 5.75 Å². The van der Waals surface area contributed by atoms with Crippen molar-refractivity contribution in [1.29, 1.82) is 0 Å². The summed E-state index contributed by atoms with van der Waals surface area (Å²) in [5.41, 5.74) is 6.01. The highest BCUT2D eigenvalue weighted by Crippen LogP contribution is 2.31. The molecule has 0 saturated carbocycles. The number of ether oxygens (including phenoxy) is 2. The molecule has 0 radical (unpaired) electrons. The first-order chi connectivity index (χ1) is 9.83. The van der Waals surface area contributed by atoms with Gasteiger partial charge in [-0.05, 0) is 24.1 Å². The molecule has 3 N–H and O–H groups in total. The lowest BCUT2D eigenvalue weighted by atomic mass is 10.1. The zero-order valence-corrected chi connectivity index (χ0v) is 11.6. The van der Waals surface area contributed by atoms with Crippen LogP contribution in [0.3, 0.4) is 0 Å². The van der Waals surface area contributed by atoms with Gasteiger partial charge < -0.3 is 20.4 Å². The fraction of sp³-hybridized carbons (Fsp3) is 0.462. The zero-order chi connectivity index (χ0) is 16.0. The van der Waals surface area contributed by atoms with Crippen molar-refractivity contribution in [1.82, 2.24) is 0 Å². The predicted molar refractivity (Wildman–Crippen MR) is 70.8 cm³/mol. The molecule has 0 amide bonds. The molecule has 1 atom stereocenters. The van der Waals surface area contributed by atoms with Gasteiger partial charge in [0.15, 0.2) is 17.3 Å². The van der Waals surface area contributed by atoms with Gasteiger partial charge in [-0.1, -0.05) is 18.1 Å². The molecule has 0 aromatic heterocycles. The van der Waals surface area contributed by atoms with Crippen LogP contribution in [0.15, 0.2) is 23.4 Å². The van der Waals surface area contributed by atoms with E-state index in [4.69, 9.17) is 20.4 Å². The van der Waals surface area contributed by atoms with Crippen LogP contribution in [0, 0.1) is 5.92 Å². The topological polar surface area (TPSA) is 77.1 Å². The third-order valence-corrected chi connectivity index (χ3v) is 2.91. The maximum Gasteiger partial charge on any atom is 0.402 e. The van der Waals surface area contributed by atoms with E-state index >= 15 is 0 Å². The number of alkyl halides is 3. The van der Waals surface area contributed by atoms with E-state index in [1.807, 2.05) is 6.92 Å². The Morgan fingerprint density at radius 1 is 1.38 bits per heavy atom. The van der Waals surface area contributed by atoms with Crippen LogP contribution in [0.1, 0.15) is 12.5 Å². The third-order valence-electron chi connectivity index (χ3n) is 2.91. The zero-order valence-electron chi connectivity index (χ0n) is 11.6. The van der Waals surface area contributed by atoms with Crippen molar-refractivity contribution >= 4 is 5.84 Å². The Bertz CT molecular complexity index is 504. The Hall–Kier alpha value is -2.12. The number of benzene rings is 1. The van der Waals surface area contributed by atoms with E-state index in [1.165, 1.54) is 13.2 Å². The molecule has 0 aliphatic rings. The van der Waals surface area contributed by atoms with Crippen LogP contribution in [0.2, 0.25) is 0 Å². The van der Waals surface area contributed by atoms with E-state index in [-0.39, 0.29) is 5.75 Å². The fourth-order valence-electron chi connectivity index (χ4n) is 1.64. The number of amidine groups is 1. The molecular formula is C13H17F3N2O3. The minimum atomic E-state index is -4.67. The summed E-state index contributed by atoms with van der Waals surface area (Å²) in [6.07, 6.45) is -3.92. The monoisotopic (exact) mass is 306 g/mol. The lowest BCUT2D eigenvalue weighted by Gasteiger charge is -2.20. The Morgan fingerprint density at radius 3 is 2.52 bits per heavy atom. The summed E-state index contributed by atoms with van der Waals surface area (Å²) in [6, 6.07) is 4.93. The van der Waals surface area contributed by atoms with Gasteiger partial charge in [0.25, 0.3) is 0 Å². The molecule has 0 heterocycles. The van der Waals surface area contributed by atoms with Crippen LogP contribution in [0.5, 0.6) is 11.5 Å². The van der Waals surface area contributed by atoms with E-state index in [9.17, 15) is 13.2 Å². The van der Waals surface area contributed by atoms with E-state index in [1.54, 1.807) is 12.1 Å². The molecule has 8 heteroatoms. The van der Waals surface area contributed by atoms with Crippen molar-refractivity contribution in [2.24, 2.45) is 16.8 Å². The molecule has 0 fully saturated rings. The lowest BCUT2D eigenvalue weighted by Crippen LogP contribution is -2.40. The summed E-state index contributed by atoms with van der Waals surface area (Å²) in [6.45, 7) is 1.13. The van der Waals surface area contributed by atoms with Crippen molar-refractivity contribution in [3.8, 4) is 11.5 Å². The maximum absolute atomic E-state index is 12.8. The standard InChI is InChI=1S/C13H17F3N2O3/c1-3-8-4-5-10(11(6-8)20-2)21-7-9(12(17)18-19)13(14,15)16/h4-6,9,19H,3,7H2,1-2H3,(H2,17,18).